The molecule has 21 heavy (non-hydrogen) atoms. The number of nitrogens with one attached hydrogen (secondary N) is 2. The lowest BCUT2D eigenvalue weighted by atomic mass is 10.1. The highest BCUT2D eigenvalue weighted by Gasteiger charge is 2.26. The quantitative estimate of drug-likeness (QED) is 0.676. The highest BCUT2D eigenvalue weighted by molar-refractivity contribution is 6.31. The zero-order valence-electron chi connectivity index (χ0n) is 11.3. The van der Waals surface area contributed by atoms with Crippen LogP contribution in [0.15, 0.2) is 24.3 Å². The average molecular weight is 311 g/mol. The number of aromatic nitrogens is 1. The van der Waals surface area contributed by atoms with Crippen LogP contribution in [0.2, 0.25) is 5.02 Å². The largest absolute Gasteiger partial charge is 0.479 e. The van der Waals surface area contributed by atoms with Gasteiger partial charge in [-0.2, -0.15) is 0 Å². The Bertz CT molecular complexity index is 683. The van der Waals surface area contributed by atoms with Crippen molar-refractivity contribution in [2.45, 2.75) is 25.5 Å². The number of fused-ring (bicyclic) bond motifs is 1. The maximum atomic E-state index is 12.1. The second-order valence-corrected chi connectivity index (χ2v) is 5.12. The smallest absolute Gasteiger partial charge is 0.334 e. The molecule has 2 rings (SSSR count). The highest BCUT2D eigenvalue weighted by atomic mass is 35.5. The Morgan fingerprint density at radius 1 is 1.38 bits per heavy atom. The number of hydrogen-bond donors (Lipinski definition) is 4. The van der Waals surface area contributed by atoms with E-state index in [1.54, 1.807) is 31.2 Å². The molecule has 0 saturated heterocycles. The van der Waals surface area contributed by atoms with E-state index in [-0.39, 0.29) is 5.69 Å². The standard InChI is InChI=1S/C14H15ClN2O4/c1-2-9(12(18)14(20)21)17-13(19)11-6-7-5-8(15)3-4-10(7)16-11/h3-6,9,12,16,18H,2H2,1H3,(H,17,19)(H,20,21). The molecular weight excluding hydrogens is 296 g/mol. The third kappa shape index (κ3) is 3.34. The van der Waals surface area contributed by atoms with E-state index < -0.39 is 24.0 Å². The van der Waals surface area contributed by atoms with Crippen LogP contribution in [0.5, 0.6) is 0 Å². The molecule has 0 aliphatic carbocycles. The summed E-state index contributed by atoms with van der Waals surface area (Å²) >= 11 is 5.88. The van der Waals surface area contributed by atoms with E-state index >= 15 is 0 Å². The zero-order chi connectivity index (χ0) is 15.6. The molecule has 4 N–H and O–H groups in total. The van der Waals surface area contributed by atoms with Gasteiger partial charge in [-0.25, -0.2) is 4.79 Å². The minimum Gasteiger partial charge on any atom is -0.479 e. The Morgan fingerprint density at radius 3 is 2.71 bits per heavy atom. The molecule has 0 aliphatic rings. The molecule has 1 aromatic heterocycles. The number of carboxylic acids is 1. The molecule has 1 heterocycles. The lowest BCUT2D eigenvalue weighted by Gasteiger charge is -2.19. The number of carbonyl (C=O) groups excluding carboxylic acids is 1. The van der Waals surface area contributed by atoms with Gasteiger partial charge in [0.2, 0.25) is 0 Å². The summed E-state index contributed by atoms with van der Waals surface area (Å²) in [5.74, 6) is -1.85. The maximum absolute atomic E-state index is 12.1. The van der Waals surface area contributed by atoms with E-state index in [9.17, 15) is 14.7 Å². The number of hydrogen-bond acceptors (Lipinski definition) is 3. The molecule has 0 saturated carbocycles. The molecule has 112 valence electrons. The number of aliphatic hydroxyl groups excluding tert-OH is 1. The fraction of sp³-hybridized carbons (Fsp3) is 0.286. The third-order valence-electron chi connectivity index (χ3n) is 3.22. The number of aliphatic carboxylic acids is 1. The van der Waals surface area contributed by atoms with E-state index in [0.717, 1.165) is 10.9 Å². The van der Waals surface area contributed by atoms with Crippen molar-refractivity contribution in [3.8, 4) is 0 Å². The van der Waals surface area contributed by atoms with Crippen LogP contribution >= 0.6 is 11.6 Å². The van der Waals surface area contributed by atoms with Gasteiger partial charge in [-0.05, 0) is 30.7 Å². The van der Waals surface area contributed by atoms with Gasteiger partial charge < -0.3 is 20.5 Å². The van der Waals surface area contributed by atoms with Crippen molar-refractivity contribution in [2.75, 3.05) is 0 Å². The molecule has 2 unspecified atom stereocenters. The van der Waals surface area contributed by atoms with Crippen molar-refractivity contribution >= 4 is 34.4 Å². The van der Waals surface area contributed by atoms with Gasteiger partial charge in [0, 0.05) is 15.9 Å². The summed E-state index contributed by atoms with van der Waals surface area (Å²) in [6.45, 7) is 1.68. The fourth-order valence-electron chi connectivity index (χ4n) is 2.05. The second-order valence-electron chi connectivity index (χ2n) is 4.69. The first-order valence-corrected chi connectivity index (χ1v) is 6.80. The lowest BCUT2D eigenvalue weighted by molar-refractivity contribution is -0.148. The van der Waals surface area contributed by atoms with E-state index in [4.69, 9.17) is 16.7 Å². The first kappa shape index (κ1) is 15.3. The fourth-order valence-corrected chi connectivity index (χ4v) is 2.23. The number of benzene rings is 1. The summed E-state index contributed by atoms with van der Waals surface area (Å²) in [4.78, 5) is 25.8. The van der Waals surface area contributed by atoms with Gasteiger partial charge in [0.1, 0.15) is 5.69 Å². The maximum Gasteiger partial charge on any atom is 0.334 e. The van der Waals surface area contributed by atoms with Crippen LogP contribution in [0.4, 0.5) is 0 Å². The molecule has 2 aromatic rings. The van der Waals surface area contributed by atoms with Crippen molar-refractivity contribution in [2.24, 2.45) is 0 Å². The average Bonchev–Trinajstić information content (AvgIpc) is 2.86. The van der Waals surface area contributed by atoms with Crippen molar-refractivity contribution in [3.63, 3.8) is 0 Å². The predicted molar refractivity (Wildman–Crippen MR) is 78.5 cm³/mol. The monoisotopic (exact) mass is 310 g/mol. The molecule has 7 heteroatoms. The minimum atomic E-state index is -1.64. The zero-order valence-corrected chi connectivity index (χ0v) is 12.0. The number of halogens is 1. The first-order valence-electron chi connectivity index (χ1n) is 6.42. The van der Waals surface area contributed by atoms with Gasteiger partial charge in [0.05, 0.1) is 6.04 Å². The van der Waals surface area contributed by atoms with Crippen LogP contribution in [0.1, 0.15) is 23.8 Å². The van der Waals surface area contributed by atoms with E-state index in [1.807, 2.05) is 0 Å². The lowest BCUT2D eigenvalue weighted by Crippen LogP contribution is -2.46. The summed E-state index contributed by atoms with van der Waals surface area (Å²) in [5, 5.41) is 22.1. The molecule has 0 radical (unpaired) electrons. The topological polar surface area (TPSA) is 102 Å². The summed E-state index contributed by atoms with van der Waals surface area (Å²) in [7, 11) is 0. The van der Waals surface area contributed by atoms with Crippen LogP contribution in [0, 0.1) is 0 Å². The third-order valence-corrected chi connectivity index (χ3v) is 3.45. The molecule has 6 nitrogen and oxygen atoms in total. The van der Waals surface area contributed by atoms with Crippen molar-refractivity contribution in [1.29, 1.82) is 0 Å². The predicted octanol–water partition coefficient (Wildman–Crippen LogP) is 1.78. The van der Waals surface area contributed by atoms with Gasteiger partial charge in [0.15, 0.2) is 6.10 Å². The molecule has 2 atom stereocenters. The van der Waals surface area contributed by atoms with Crippen molar-refractivity contribution in [3.05, 3.63) is 35.0 Å². The summed E-state index contributed by atoms with van der Waals surface area (Å²) in [6.07, 6.45) is -1.34. The molecule has 1 aromatic carbocycles. The highest BCUT2D eigenvalue weighted by Crippen LogP contribution is 2.20. The summed E-state index contributed by atoms with van der Waals surface area (Å²) in [6, 6.07) is 5.93. The molecule has 0 spiro atoms. The van der Waals surface area contributed by atoms with Crippen LogP contribution in [-0.4, -0.2) is 39.2 Å². The Kier molecular flexibility index (Phi) is 4.50. The number of amides is 1. The van der Waals surface area contributed by atoms with E-state index in [0.29, 0.717) is 11.4 Å². The van der Waals surface area contributed by atoms with Crippen LogP contribution in [0.3, 0.4) is 0 Å². The van der Waals surface area contributed by atoms with Crippen molar-refractivity contribution in [1.82, 2.24) is 10.3 Å². The number of aliphatic hydroxyl groups is 1. The Morgan fingerprint density at radius 2 is 2.10 bits per heavy atom. The van der Waals surface area contributed by atoms with Gasteiger partial charge in [0.25, 0.3) is 5.91 Å². The number of carboxylic acid groups (broad SMARTS) is 1. The SMILES string of the molecule is CCC(NC(=O)c1cc2cc(Cl)ccc2[nH]1)C(O)C(=O)O. The summed E-state index contributed by atoms with van der Waals surface area (Å²) in [5.41, 5.74) is 1.03. The van der Waals surface area contributed by atoms with Crippen LogP contribution in [0.25, 0.3) is 10.9 Å². The first-order chi connectivity index (χ1) is 9.92. The second kappa shape index (κ2) is 6.15. The molecular formula is C14H15ClN2O4. The Labute approximate surface area is 125 Å². The normalized spacial score (nSPS) is 13.9. The summed E-state index contributed by atoms with van der Waals surface area (Å²) < 4.78 is 0. The van der Waals surface area contributed by atoms with E-state index in [1.165, 1.54) is 0 Å². The van der Waals surface area contributed by atoms with Gasteiger partial charge in [-0.15, -0.1) is 0 Å². The minimum absolute atomic E-state index is 0.281. The van der Waals surface area contributed by atoms with Gasteiger partial charge in [-0.3, -0.25) is 4.79 Å². The number of H-pyrrole nitrogens is 1. The van der Waals surface area contributed by atoms with Crippen LogP contribution in [-0.2, 0) is 4.79 Å². The number of rotatable bonds is 5. The molecule has 1 amide bonds. The van der Waals surface area contributed by atoms with Gasteiger partial charge >= 0.3 is 5.97 Å². The number of carbonyl (C=O) groups is 2. The van der Waals surface area contributed by atoms with E-state index in [2.05, 4.69) is 10.3 Å². The van der Waals surface area contributed by atoms with Gasteiger partial charge in [-0.1, -0.05) is 18.5 Å². The van der Waals surface area contributed by atoms with Crippen LogP contribution < -0.4 is 5.32 Å². The molecule has 0 aliphatic heterocycles. The molecule has 0 fully saturated rings. The number of aromatic amines is 1. The Balaban J connectivity index is 2.19. The molecule has 0 bridgehead atoms. The Hall–Kier alpha value is -2.05. The van der Waals surface area contributed by atoms with Crippen molar-refractivity contribution < 1.29 is 19.8 Å².